The first-order valence-electron chi connectivity index (χ1n) is 9.20. The van der Waals surface area contributed by atoms with E-state index in [1.165, 1.54) is 22.3 Å². The Bertz CT molecular complexity index is 1190. The summed E-state index contributed by atoms with van der Waals surface area (Å²) in [4.78, 5) is 17.3. The van der Waals surface area contributed by atoms with E-state index in [4.69, 9.17) is 4.74 Å². The number of aliphatic hydroxyl groups is 3. The minimum absolute atomic E-state index is 0.251. The lowest BCUT2D eigenvalue weighted by molar-refractivity contribution is -0.178. The van der Waals surface area contributed by atoms with Crippen LogP contribution in [0.25, 0.3) is 11.4 Å². The van der Waals surface area contributed by atoms with Gasteiger partial charge in [0.25, 0.3) is 0 Å². The summed E-state index contributed by atoms with van der Waals surface area (Å²) >= 11 is 4.65. The van der Waals surface area contributed by atoms with Crippen LogP contribution in [0, 0.1) is 0 Å². The van der Waals surface area contributed by atoms with E-state index in [0.29, 0.717) is 11.4 Å². The average Bonchev–Trinajstić information content (AvgIpc) is 3.38. The normalized spacial score (nSPS) is 26.0. The van der Waals surface area contributed by atoms with Crippen LogP contribution in [0.2, 0.25) is 0 Å². The first-order valence-corrected chi connectivity index (χ1v) is 11.8. The molecule has 3 aromatic heterocycles. The molecule has 4 heterocycles. The number of thioether (sulfide) groups is 1. The molecule has 1 aliphatic heterocycles. The SMILES string of the molecule is O=c1[nH]c(-c2cn(C3C(O)[C@@H](Sc4cnc(C(F)(F)F)c(Br)c4)OC(CO)[C@@H]3O)nn2)cs1. The topological polar surface area (TPSA) is 146 Å². The lowest BCUT2D eigenvalue weighted by Crippen LogP contribution is -2.55. The molecule has 4 rings (SSSR count). The van der Waals surface area contributed by atoms with E-state index in [1.807, 2.05) is 0 Å². The van der Waals surface area contributed by atoms with Crippen molar-refractivity contribution in [3.63, 3.8) is 0 Å². The molecule has 3 aromatic rings. The second-order valence-electron chi connectivity index (χ2n) is 6.96. The fourth-order valence-electron chi connectivity index (χ4n) is 3.26. The first-order chi connectivity index (χ1) is 15.6. The molecule has 178 valence electrons. The third-order valence-corrected chi connectivity index (χ3v) is 7.19. The summed E-state index contributed by atoms with van der Waals surface area (Å²) in [6.07, 6.45) is -6.14. The zero-order valence-corrected chi connectivity index (χ0v) is 19.4. The van der Waals surface area contributed by atoms with E-state index in [1.54, 1.807) is 0 Å². The molecule has 0 aliphatic carbocycles. The van der Waals surface area contributed by atoms with Crippen molar-refractivity contribution in [2.45, 2.75) is 40.9 Å². The maximum absolute atomic E-state index is 13.0. The van der Waals surface area contributed by atoms with Crippen LogP contribution in [0.15, 0.2) is 38.0 Å². The number of halogens is 4. The van der Waals surface area contributed by atoms with Gasteiger partial charge < -0.3 is 25.0 Å². The van der Waals surface area contributed by atoms with E-state index in [-0.39, 0.29) is 14.2 Å². The predicted molar refractivity (Wildman–Crippen MR) is 114 cm³/mol. The van der Waals surface area contributed by atoms with Crippen LogP contribution in [-0.2, 0) is 10.9 Å². The maximum atomic E-state index is 13.0. The molecular formula is C17H15BrF3N5O5S2. The molecule has 0 bridgehead atoms. The Labute approximate surface area is 199 Å². The molecule has 16 heteroatoms. The highest BCUT2D eigenvalue weighted by atomic mass is 79.9. The van der Waals surface area contributed by atoms with Crippen molar-refractivity contribution in [2.24, 2.45) is 0 Å². The van der Waals surface area contributed by atoms with E-state index in [9.17, 15) is 33.3 Å². The zero-order chi connectivity index (χ0) is 23.9. The van der Waals surface area contributed by atoms with Crippen LogP contribution in [0.5, 0.6) is 0 Å². The molecule has 1 aliphatic rings. The second-order valence-corrected chi connectivity index (χ2v) is 9.83. The maximum Gasteiger partial charge on any atom is 0.434 e. The van der Waals surface area contributed by atoms with Crippen molar-refractivity contribution in [1.29, 1.82) is 0 Å². The van der Waals surface area contributed by atoms with Gasteiger partial charge in [-0.05, 0) is 22.0 Å². The smallest absolute Gasteiger partial charge is 0.394 e. The van der Waals surface area contributed by atoms with E-state index < -0.39 is 48.3 Å². The first kappa shape index (κ1) is 24.3. The summed E-state index contributed by atoms with van der Waals surface area (Å²) in [6.45, 7) is -0.587. The van der Waals surface area contributed by atoms with Gasteiger partial charge in [-0.2, -0.15) is 13.2 Å². The molecule has 33 heavy (non-hydrogen) atoms. The van der Waals surface area contributed by atoms with Crippen molar-refractivity contribution in [1.82, 2.24) is 25.0 Å². The number of H-pyrrole nitrogens is 1. The van der Waals surface area contributed by atoms with Gasteiger partial charge in [-0.15, -0.1) is 5.10 Å². The second kappa shape index (κ2) is 9.44. The molecule has 0 radical (unpaired) electrons. The number of hydrogen-bond acceptors (Lipinski definition) is 10. The Morgan fingerprint density at radius 1 is 1.33 bits per heavy atom. The van der Waals surface area contributed by atoms with Crippen LogP contribution < -0.4 is 4.87 Å². The molecule has 4 N–H and O–H groups in total. The third kappa shape index (κ3) is 5.01. The summed E-state index contributed by atoms with van der Waals surface area (Å²) in [5, 5.41) is 40.6. The molecule has 0 aromatic carbocycles. The van der Waals surface area contributed by atoms with Gasteiger partial charge >= 0.3 is 11.0 Å². The zero-order valence-electron chi connectivity index (χ0n) is 16.2. The molecule has 0 spiro atoms. The van der Waals surface area contributed by atoms with Gasteiger partial charge in [-0.3, -0.25) is 4.79 Å². The number of aromatic nitrogens is 5. The summed E-state index contributed by atoms with van der Waals surface area (Å²) in [7, 11) is 0. The Hall–Kier alpha value is -1.82. The Balaban J connectivity index is 1.60. The Kier molecular flexibility index (Phi) is 6.95. The molecule has 10 nitrogen and oxygen atoms in total. The minimum atomic E-state index is -4.64. The number of ether oxygens (including phenoxy) is 1. The number of hydrogen-bond donors (Lipinski definition) is 4. The van der Waals surface area contributed by atoms with Gasteiger partial charge in [-0.1, -0.05) is 28.3 Å². The van der Waals surface area contributed by atoms with E-state index >= 15 is 0 Å². The van der Waals surface area contributed by atoms with Gasteiger partial charge in [0.1, 0.15) is 35.5 Å². The number of aromatic amines is 1. The van der Waals surface area contributed by atoms with Crippen molar-refractivity contribution in [3.05, 3.63) is 43.7 Å². The molecule has 0 amide bonds. The summed E-state index contributed by atoms with van der Waals surface area (Å²) in [6, 6.07) is 0.0799. The van der Waals surface area contributed by atoms with Crippen LogP contribution in [0.3, 0.4) is 0 Å². The van der Waals surface area contributed by atoms with Crippen molar-refractivity contribution >= 4 is 39.0 Å². The number of alkyl halides is 3. The van der Waals surface area contributed by atoms with Crippen molar-refractivity contribution in [3.8, 4) is 11.4 Å². The van der Waals surface area contributed by atoms with Crippen molar-refractivity contribution < 1.29 is 33.2 Å². The Morgan fingerprint density at radius 3 is 2.70 bits per heavy atom. The third-order valence-electron chi connectivity index (χ3n) is 4.80. The number of aliphatic hydroxyl groups excluding tert-OH is 3. The van der Waals surface area contributed by atoms with Crippen LogP contribution >= 0.6 is 39.0 Å². The molecule has 1 saturated heterocycles. The lowest BCUT2D eigenvalue weighted by Gasteiger charge is -2.41. The fourth-order valence-corrected chi connectivity index (χ4v) is 5.62. The Morgan fingerprint density at radius 2 is 2.09 bits per heavy atom. The van der Waals surface area contributed by atoms with Crippen LogP contribution in [0.1, 0.15) is 11.7 Å². The minimum Gasteiger partial charge on any atom is -0.394 e. The number of pyridine rings is 1. The number of nitrogens with zero attached hydrogens (tertiary/aromatic N) is 4. The van der Waals surface area contributed by atoms with Gasteiger partial charge in [0.15, 0.2) is 5.69 Å². The average molecular weight is 570 g/mol. The largest absolute Gasteiger partial charge is 0.434 e. The van der Waals surface area contributed by atoms with Gasteiger partial charge in [0.05, 0.1) is 18.5 Å². The molecule has 3 unspecified atom stereocenters. The molecule has 1 fully saturated rings. The van der Waals surface area contributed by atoms with Crippen LogP contribution in [0.4, 0.5) is 13.2 Å². The standard InChI is InChI=1S/C17H15BrF3N5O5S2/c18-7-1-6(2-22-14(7)17(19,20)21)33-15-13(29)11(12(28)10(4-27)31-15)26-3-8(24-25-26)9-5-32-16(30)23-9/h1-3,5,10-13,15,27-29H,4H2,(H,23,30)/t10?,11?,12-,13?,15+/m0/s1. The molecule has 0 saturated carbocycles. The highest BCUT2D eigenvalue weighted by molar-refractivity contribution is 9.10. The highest BCUT2D eigenvalue weighted by Gasteiger charge is 2.46. The van der Waals surface area contributed by atoms with Gasteiger partial charge in [-0.25, -0.2) is 9.67 Å². The lowest BCUT2D eigenvalue weighted by atomic mass is 9.97. The highest BCUT2D eigenvalue weighted by Crippen LogP contribution is 2.40. The summed E-state index contributed by atoms with van der Waals surface area (Å²) in [5.74, 6) is 0. The van der Waals surface area contributed by atoms with E-state index in [2.05, 4.69) is 36.2 Å². The van der Waals surface area contributed by atoms with Gasteiger partial charge in [0.2, 0.25) is 0 Å². The fraction of sp³-hybridized carbons (Fsp3) is 0.412. The summed E-state index contributed by atoms with van der Waals surface area (Å²) < 4.78 is 45.4. The monoisotopic (exact) mass is 569 g/mol. The van der Waals surface area contributed by atoms with Gasteiger partial charge in [0, 0.05) is 20.9 Å². The molecule has 5 atom stereocenters. The summed E-state index contributed by atoms with van der Waals surface area (Å²) in [5.41, 5.74) is -1.49. The predicted octanol–water partition coefficient (Wildman–Crippen LogP) is 1.64. The number of thiazole rings is 1. The number of rotatable bonds is 5. The number of nitrogens with one attached hydrogen (secondary N) is 1. The molecular weight excluding hydrogens is 555 g/mol. The van der Waals surface area contributed by atoms with Crippen LogP contribution in [-0.4, -0.2) is 70.6 Å². The van der Waals surface area contributed by atoms with Crippen molar-refractivity contribution in [2.75, 3.05) is 6.61 Å². The quantitative estimate of drug-likeness (QED) is 0.360. The van der Waals surface area contributed by atoms with E-state index in [0.717, 1.165) is 29.3 Å².